The molecule has 2 N–H and O–H groups in total. The van der Waals surface area contributed by atoms with Gasteiger partial charge in [0.05, 0.1) is 6.61 Å². The van der Waals surface area contributed by atoms with Gasteiger partial charge in [-0.1, -0.05) is 24.3 Å². The maximum atomic E-state index is 8.98. The first-order valence-electron chi connectivity index (χ1n) is 5.25. The third-order valence-electron chi connectivity index (χ3n) is 2.21. The average Bonchev–Trinajstić information content (AvgIpc) is 2.29. The molecule has 84 valence electrons. The lowest BCUT2D eigenvalue weighted by Crippen LogP contribution is -2.15. The van der Waals surface area contributed by atoms with Crippen molar-refractivity contribution in [3.63, 3.8) is 0 Å². The summed E-state index contributed by atoms with van der Waals surface area (Å²) in [5.41, 5.74) is 2.23. The van der Waals surface area contributed by atoms with Gasteiger partial charge in [0.2, 0.25) is 0 Å². The monoisotopic (exact) mass is 225 g/mol. The highest BCUT2D eigenvalue weighted by atomic mass is 32.2. The second kappa shape index (κ2) is 7.74. The van der Waals surface area contributed by atoms with E-state index < -0.39 is 0 Å². The second-order valence-corrected chi connectivity index (χ2v) is 4.49. The van der Waals surface area contributed by atoms with Gasteiger partial charge in [-0.2, -0.15) is 11.8 Å². The highest BCUT2D eigenvalue weighted by Gasteiger charge is 1.94. The largest absolute Gasteiger partial charge is 0.392 e. The minimum Gasteiger partial charge on any atom is -0.392 e. The van der Waals surface area contributed by atoms with Gasteiger partial charge in [-0.3, -0.25) is 0 Å². The molecule has 15 heavy (non-hydrogen) atoms. The van der Waals surface area contributed by atoms with E-state index in [1.807, 2.05) is 30.0 Å². The van der Waals surface area contributed by atoms with E-state index in [0.29, 0.717) is 0 Å². The van der Waals surface area contributed by atoms with Gasteiger partial charge < -0.3 is 10.4 Å². The summed E-state index contributed by atoms with van der Waals surface area (Å²) in [6.07, 6.45) is 3.34. The van der Waals surface area contributed by atoms with Gasteiger partial charge in [0.25, 0.3) is 0 Å². The summed E-state index contributed by atoms with van der Waals surface area (Å²) in [6.45, 7) is 2.08. The molecule has 1 rings (SSSR count). The van der Waals surface area contributed by atoms with Gasteiger partial charge >= 0.3 is 0 Å². The third-order valence-corrected chi connectivity index (χ3v) is 2.90. The van der Waals surface area contributed by atoms with E-state index in [0.717, 1.165) is 18.7 Å². The SMILES string of the molecule is CSCCCNCc1cccc(CO)c1. The molecular weight excluding hydrogens is 206 g/mol. The molecule has 0 amide bonds. The fourth-order valence-electron chi connectivity index (χ4n) is 1.41. The van der Waals surface area contributed by atoms with Crippen molar-refractivity contribution in [2.24, 2.45) is 0 Å². The first-order valence-corrected chi connectivity index (χ1v) is 6.64. The molecule has 0 aliphatic rings. The van der Waals surface area contributed by atoms with Crippen molar-refractivity contribution in [2.45, 2.75) is 19.6 Å². The molecule has 0 aliphatic carbocycles. The predicted molar refractivity (Wildman–Crippen MR) is 67.1 cm³/mol. The quantitative estimate of drug-likeness (QED) is 0.696. The van der Waals surface area contributed by atoms with Crippen LogP contribution in [-0.2, 0) is 13.2 Å². The van der Waals surface area contributed by atoms with Crippen LogP contribution in [0.1, 0.15) is 17.5 Å². The molecule has 1 aromatic rings. The topological polar surface area (TPSA) is 32.3 Å². The predicted octanol–water partition coefficient (Wildman–Crippen LogP) is 2.02. The Bertz CT molecular complexity index is 278. The number of aliphatic hydroxyl groups excluding tert-OH is 1. The third kappa shape index (κ3) is 5.21. The van der Waals surface area contributed by atoms with E-state index in [4.69, 9.17) is 5.11 Å². The number of hydrogen-bond donors (Lipinski definition) is 2. The van der Waals surface area contributed by atoms with E-state index >= 15 is 0 Å². The van der Waals surface area contributed by atoms with Crippen LogP contribution in [0.2, 0.25) is 0 Å². The lowest BCUT2D eigenvalue weighted by atomic mass is 10.1. The molecule has 0 saturated heterocycles. The lowest BCUT2D eigenvalue weighted by Gasteiger charge is -2.05. The molecule has 0 atom stereocenters. The second-order valence-electron chi connectivity index (χ2n) is 3.50. The lowest BCUT2D eigenvalue weighted by molar-refractivity contribution is 0.281. The number of aliphatic hydroxyl groups is 1. The molecule has 0 unspecified atom stereocenters. The molecule has 3 heteroatoms. The van der Waals surface area contributed by atoms with Crippen LogP contribution in [-0.4, -0.2) is 23.7 Å². The van der Waals surface area contributed by atoms with Crippen LogP contribution in [0.25, 0.3) is 0 Å². The van der Waals surface area contributed by atoms with Crippen LogP contribution in [0.4, 0.5) is 0 Å². The van der Waals surface area contributed by atoms with Crippen molar-refractivity contribution in [3.8, 4) is 0 Å². The maximum absolute atomic E-state index is 8.98. The van der Waals surface area contributed by atoms with Crippen molar-refractivity contribution in [2.75, 3.05) is 18.6 Å². The van der Waals surface area contributed by atoms with E-state index in [1.165, 1.54) is 17.7 Å². The van der Waals surface area contributed by atoms with Crippen LogP contribution in [0.3, 0.4) is 0 Å². The Labute approximate surface area is 96.1 Å². The van der Waals surface area contributed by atoms with Crippen LogP contribution in [0, 0.1) is 0 Å². The average molecular weight is 225 g/mol. The van der Waals surface area contributed by atoms with Crippen molar-refractivity contribution >= 4 is 11.8 Å². The fraction of sp³-hybridized carbons (Fsp3) is 0.500. The van der Waals surface area contributed by atoms with Gasteiger partial charge in [-0.25, -0.2) is 0 Å². The summed E-state index contributed by atoms with van der Waals surface area (Å²) < 4.78 is 0. The normalized spacial score (nSPS) is 10.5. The zero-order valence-electron chi connectivity index (χ0n) is 9.20. The summed E-state index contributed by atoms with van der Waals surface area (Å²) in [4.78, 5) is 0. The highest BCUT2D eigenvalue weighted by molar-refractivity contribution is 7.98. The van der Waals surface area contributed by atoms with Crippen molar-refractivity contribution in [1.82, 2.24) is 5.32 Å². The van der Waals surface area contributed by atoms with Crippen LogP contribution >= 0.6 is 11.8 Å². The molecule has 2 nitrogen and oxygen atoms in total. The van der Waals surface area contributed by atoms with Crippen LogP contribution < -0.4 is 5.32 Å². The molecule has 0 radical (unpaired) electrons. The molecular formula is C12H19NOS. The van der Waals surface area contributed by atoms with Crippen molar-refractivity contribution in [1.29, 1.82) is 0 Å². The minimum atomic E-state index is 0.125. The van der Waals surface area contributed by atoms with Crippen LogP contribution in [0.5, 0.6) is 0 Å². The molecule has 1 aromatic carbocycles. The Kier molecular flexibility index (Phi) is 6.48. The standard InChI is InChI=1S/C12H19NOS/c1-15-7-3-6-13-9-11-4-2-5-12(8-11)10-14/h2,4-5,8,13-14H,3,6-7,9-10H2,1H3. The first kappa shape index (κ1) is 12.6. The fourth-order valence-corrected chi connectivity index (χ4v) is 1.85. The van der Waals surface area contributed by atoms with E-state index in [9.17, 15) is 0 Å². The van der Waals surface area contributed by atoms with Crippen LogP contribution in [0.15, 0.2) is 24.3 Å². The molecule has 0 saturated carbocycles. The highest BCUT2D eigenvalue weighted by Crippen LogP contribution is 2.04. The van der Waals surface area contributed by atoms with E-state index in [-0.39, 0.29) is 6.61 Å². The van der Waals surface area contributed by atoms with E-state index in [1.54, 1.807) is 0 Å². The number of rotatable bonds is 7. The summed E-state index contributed by atoms with van der Waals surface area (Å²) in [5, 5.41) is 12.4. The maximum Gasteiger partial charge on any atom is 0.0681 e. The first-order chi connectivity index (χ1) is 7.36. The molecule has 0 aliphatic heterocycles. The number of nitrogens with one attached hydrogen (secondary N) is 1. The van der Waals surface area contributed by atoms with Gasteiger partial charge in [-0.15, -0.1) is 0 Å². The molecule has 0 aromatic heterocycles. The minimum absolute atomic E-state index is 0.125. The van der Waals surface area contributed by atoms with Gasteiger partial charge in [0.15, 0.2) is 0 Å². The zero-order valence-corrected chi connectivity index (χ0v) is 10.0. The summed E-state index contributed by atoms with van der Waals surface area (Å²) in [7, 11) is 0. The van der Waals surface area contributed by atoms with Gasteiger partial charge in [0, 0.05) is 6.54 Å². The summed E-state index contributed by atoms with van der Waals surface area (Å²) in [6, 6.07) is 8.06. The number of thioether (sulfide) groups is 1. The van der Waals surface area contributed by atoms with Crippen molar-refractivity contribution < 1.29 is 5.11 Å². The Morgan fingerprint density at radius 2 is 2.13 bits per heavy atom. The van der Waals surface area contributed by atoms with Gasteiger partial charge in [0.1, 0.15) is 0 Å². The molecule has 0 bridgehead atoms. The molecule has 0 spiro atoms. The number of benzene rings is 1. The smallest absolute Gasteiger partial charge is 0.0681 e. The van der Waals surface area contributed by atoms with Gasteiger partial charge in [-0.05, 0) is 36.1 Å². The summed E-state index contributed by atoms with van der Waals surface area (Å²) >= 11 is 1.88. The number of hydrogen-bond acceptors (Lipinski definition) is 3. The Morgan fingerprint density at radius 3 is 2.87 bits per heavy atom. The molecule has 0 heterocycles. The Hall–Kier alpha value is -0.510. The molecule has 0 fully saturated rings. The van der Waals surface area contributed by atoms with Crippen molar-refractivity contribution in [3.05, 3.63) is 35.4 Å². The Morgan fingerprint density at radius 1 is 1.33 bits per heavy atom. The van der Waals surface area contributed by atoms with E-state index in [2.05, 4.69) is 17.6 Å². The Balaban J connectivity index is 2.24. The zero-order chi connectivity index (χ0) is 10.9. The summed E-state index contributed by atoms with van der Waals surface area (Å²) in [5.74, 6) is 1.21.